The number of nitrogens with zero attached hydrogens (tertiary/aromatic N) is 1. The Labute approximate surface area is 94.5 Å². The number of carbonyl (C=O) groups is 2. The van der Waals surface area contributed by atoms with E-state index >= 15 is 0 Å². The summed E-state index contributed by atoms with van der Waals surface area (Å²) in [5, 5.41) is 1.23. The van der Waals surface area contributed by atoms with Gasteiger partial charge in [-0.05, 0) is 11.6 Å². The maximum absolute atomic E-state index is 11.6. The van der Waals surface area contributed by atoms with E-state index < -0.39 is 0 Å². The van der Waals surface area contributed by atoms with Gasteiger partial charge in [-0.3, -0.25) is 9.80 Å². The Morgan fingerprint density at radius 2 is 2.06 bits per heavy atom. The van der Waals surface area contributed by atoms with Crippen LogP contribution in [0.4, 0.5) is 0 Å². The van der Waals surface area contributed by atoms with Crippen molar-refractivity contribution in [2.75, 3.05) is 13.6 Å². The van der Waals surface area contributed by atoms with Gasteiger partial charge in [0, 0.05) is 13.1 Å². The number of hydrazine groups is 1. The number of carbonyl (C=O) groups excluding carboxylic acids is 2. The number of hydrogen-bond acceptors (Lipinski definition) is 3. The van der Waals surface area contributed by atoms with Crippen molar-refractivity contribution in [3.63, 3.8) is 0 Å². The summed E-state index contributed by atoms with van der Waals surface area (Å²) >= 11 is 0. The van der Waals surface area contributed by atoms with Gasteiger partial charge in [-0.25, -0.2) is 5.43 Å². The van der Waals surface area contributed by atoms with Crippen LogP contribution in [-0.4, -0.2) is 30.8 Å². The zero-order valence-corrected chi connectivity index (χ0v) is 9.09. The number of aldehydes is 1. The first-order chi connectivity index (χ1) is 7.77. The second-order valence-corrected chi connectivity index (χ2v) is 3.08. The van der Waals surface area contributed by atoms with Crippen LogP contribution in [-0.2, 0) is 9.59 Å². The molecule has 0 fully saturated rings. The van der Waals surface area contributed by atoms with Gasteiger partial charge in [0.2, 0.25) is 0 Å². The van der Waals surface area contributed by atoms with Crippen LogP contribution in [0.5, 0.6) is 0 Å². The van der Waals surface area contributed by atoms with E-state index in [2.05, 4.69) is 5.43 Å². The summed E-state index contributed by atoms with van der Waals surface area (Å²) in [4.78, 5) is 21.9. The molecule has 0 aliphatic heterocycles. The minimum atomic E-state index is -0.251. The highest BCUT2D eigenvalue weighted by molar-refractivity contribution is 5.92. The molecule has 0 saturated heterocycles. The van der Waals surface area contributed by atoms with Gasteiger partial charge in [-0.2, -0.15) is 0 Å². The summed E-state index contributed by atoms with van der Waals surface area (Å²) < 4.78 is 0. The molecular formula is C12H14N2O2. The van der Waals surface area contributed by atoms with Crippen LogP contribution >= 0.6 is 0 Å². The molecule has 1 aromatic rings. The molecule has 0 atom stereocenters. The van der Waals surface area contributed by atoms with E-state index in [0.29, 0.717) is 6.29 Å². The maximum atomic E-state index is 11.6. The lowest BCUT2D eigenvalue weighted by Crippen LogP contribution is -2.40. The van der Waals surface area contributed by atoms with E-state index in [1.807, 2.05) is 30.3 Å². The Balaban J connectivity index is 2.63. The highest BCUT2D eigenvalue weighted by Crippen LogP contribution is 2.01. The first-order valence-corrected chi connectivity index (χ1v) is 4.93. The largest absolute Gasteiger partial charge is 0.301 e. The third-order valence-corrected chi connectivity index (χ3v) is 2.01. The third-order valence-electron chi connectivity index (χ3n) is 2.01. The fourth-order valence-electron chi connectivity index (χ4n) is 1.19. The topological polar surface area (TPSA) is 49.4 Å². The summed E-state index contributed by atoms with van der Waals surface area (Å²) in [5.74, 6) is -0.251. The molecular weight excluding hydrogens is 204 g/mol. The molecule has 16 heavy (non-hydrogen) atoms. The van der Waals surface area contributed by atoms with Crippen molar-refractivity contribution in [2.45, 2.75) is 0 Å². The molecule has 84 valence electrons. The van der Waals surface area contributed by atoms with Gasteiger partial charge in [0.05, 0.1) is 6.54 Å². The molecule has 1 aromatic carbocycles. The Bertz CT molecular complexity index is 374. The van der Waals surface area contributed by atoms with Gasteiger partial charge in [0.25, 0.3) is 5.91 Å². The minimum Gasteiger partial charge on any atom is -0.301 e. The Kier molecular flexibility index (Phi) is 4.95. The van der Waals surface area contributed by atoms with E-state index in [-0.39, 0.29) is 12.5 Å². The van der Waals surface area contributed by atoms with Crippen LogP contribution < -0.4 is 5.43 Å². The van der Waals surface area contributed by atoms with Crippen molar-refractivity contribution in [3.8, 4) is 0 Å². The van der Waals surface area contributed by atoms with E-state index in [1.165, 1.54) is 11.1 Å². The van der Waals surface area contributed by atoms with E-state index in [1.54, 1.807) is 13.1 Å². The molecule has 0 radical (unpaired) electrons. The fraction of sp³-hybridized carbons (Fsp3) is 0.167. The van der Waals surface area contributed by atoms with Gasteiger partial charge in [-0.1, -0.05) is 30.3 Å². The predicted molar refractivity (Wildman–Crippen MR) is 62.3 cm³/mol. The predicted octanol–water partition coefficient (Wildman–Crippen LogP) is 0.862. The summed E-state index contributed by atoms with van der Waals surface area (Å²) in [7, 11) is 1.59. The quantitative estimate of drug-likeness (QED) is 0.453. The lowest BCUT2D eigenvalue weighted by molar-refractivity contribution is -0.131. The second kappa shape index (κ2) is 6.53. The second-order valence-electron chi connectivity index (χ2n) is 3.08. The summed E-state index contributed by atoms with van der Waals surface area (Å²) in [6.07, 6.45) is 3.80. The summed E-state index contributed by atoms with van der Waals surface area (Å²) in [6.45, 7) is 0.0362. The van der Waals surface area contributed by atoms with Crippen molar-refractivity contribution < 1.29 is 9.59 Å². The lowest BCUT2D eigenvalue weighted by Gasteiger charge is -2.15. The number of nitrogens with one attached hydrogen (secondary N) is 1. The molecule has 0 aliphatic carbocycles. The first-order valence-electron chi connectivity index (χ1n) is 4.93. The van der Waals surface area contributed by atoms with Crippen LogP contribution in [0.25, 0.3) is 6.08 Å². The SMILES string of the molecule is CNN(CC=O)C(=O)C=Cc1ccccc1. The van der Waals surface area contributed by atoms with Crippen molar-refractivity contribution in [1.29, 1.82) is 0 Å². The highest BCUT2D eigenvalue weighted by Gasteiger charge is 2.06. The van der Waals surface area contributed by atoms with Crippen LogP contribution in [0, 0.1) is 0 Å². The third kappa shape index (κ3) is 3.67. The van der Waals surface area contributed by atoms with Crippen LogP contribution in [0.3, 0.4) is 0 Å². The van der Waals surface area contributed by atoms with Gasteiger partial charge in [0.15, 0.2) is 0 Å². The van der Waals surface area contributed by atoms with Crippen molar-refractivity contribution in [2.24, 2.45) is 0 Å². The van der Waals surface area contributed by atoms with E-state index in [9.17, 15) is 9.59 Å². The maximum Gasteiger partial charge on any atom is 0.261 e. The molecule has 0 saturated carbocycles. The molecule has 1 rings (SSSR count). The zero-order valence-electron chi connectivity index (χ0n) is 9.09. The van der Waals surface area contributed by atoms with Crippen LogP contribution in [0.2, 0.25) is 0 Å². The molecule has 0 aromatic heterocycles. The number of amides is 1. The number of benzene rings is 1. The van der Waals surface area contributed by atoms with Crippen molar-refractivity contribution in [3.05, 3.63) is 42.0 Å². The monoisotopic (exact) mass is 218 g/mol. The minimum absolute atomic E-state index is 0.0362. The van der Waals surface area contributed by atoms with Gasteiger partial charge >= 0.3 is 0 Å². The van der Waals surface area contributed by atoms with Crippen molar-refractivity contribution in [1.82, 2.24) is 10.4 Å². The average Bonchev–Trinajstić information content (AvgIpc) is 2.34. The highest BCUT2D eigenvalue weighted by atomic mass is 16.2. The smallest absolute Gasteiger partial charge is 0.261 e. The average molecular weight is 218 g/mol. The van der Waals surface area contributed by atoms with Crippen LogP contribution in [0.1, 0.15) is 5.56 Å². The Morgan fingerprint density at radius 1 is 1.38 bits per heavy atom. The van der Waals surface area contributed by atoms with E-state index in [0.717, 1.165) is 5.56 Å². The first kappa shape index (κ1) is 12.1. The van der Waals surface area contributed by atoms with E-state index in [4.69, 9.17) is 0 Å². The summed E-state index contributed by atoms with van der Waals surface area (Å²) in [6, 6.07) is 9.49. The normalized spacial score (nSPS) is 10.3. The standard InChI is InChI=1S/C12H14N2O2/c1-13-14(9-10-15)12(16)8-7-11-5-3-2-4-6-11/h2-8,10,13H,9H2,1H3. The Hall–Kier alpha value is -1.94. The van der Waals surface area contributed by atoms with Gasteiger partial charge in [-0.15, -0.1) is 0 Å². The molecule has 0 bridgehead atoms. The van der Waals surface area contributed by atoms with Gasteiger partial charge in [0.1, 0.15) is 6.29 Å². The van der Waals surface area contributed by atoms with Crippen molar-refractivity contribution >= 4 is 18.3 Å². The molecule has 0 unspecified atom stereocenters. The molecule has 0 heterocycles. The fourth-order valence-corrected chi connectivity index (χ4v) is 1.19. The lowest BCUT2D eigenvalue weighted by atomic mass is 10.2. The molecule has 4 heteroatoms. The summed E-state index contributed by atoms with van der Waals surface area (Å²) in [5.41, 5.74) is 3.58. The number of hydrogen-bond donors (Lipinski definition) is 1. The molecule has 1 amide bonds. The zero-order chi connectivity index (χ0) is 11.8. The van der Waals surface area contributed by atoms with Gasteiger partial charge < -0.3 is 4.79 Å². The molecule has 1 N–H and O–H groups in total. The molecule has 0 spiro atoms. The Morgan fingerprint density at radius 3 is 2.62 bits per heavy atom. The molecule has 0 aliphatic rings. The van der Waals surface area contributed by atoms with Crippen LogP contribution in [0.15, 0.2) is 36.4 Å². The molecule has 4 nitrogen and oxygen atoms in total. The number of rotatable bonds is 5.